The van der Waals surface area contributed by atoms with Crippen molar-refractivity contribution in [2.24, 2.45) is 0 Å². The molecule has 1 heterocycles. The first-order valence-electron chi connectivity index (χ1n) is 7.55. The Morgan fingerprint density at radius 2 is 1.87 bits per heavy atom. The van der Waals surface area contributed by atoms with E-state index >= 15 is 0 Å². The largest absolute Gasteiger partial charge is 0.352 e. The summed E-state index contributed by atoms with van der Waals surface area (Å²) < 4.78 is 25.9. The van der Waals surface area contributed by atoms with Crippen LogP contribution in [0.4, 0.5) is 0 Å². The summed E-state index contributed by atoms with van der Waals surface area (Å²) in [5, 5.41) is 3.29. The van der Waals surface area contributed by atoms with Gasteiger partial charge in [-0.25, -0.2) is 8.42 Å². The minimum absolute atomic E-state index is 0.0425. The third-order valence-electron chi connectivity index (χ3n) is 3.88. The highest BCUT2D eigenvalue weighted by atomic mass is 35.5. The molecule has 8 heteroatoms. The lowest BCUT2D eigenvalue weighted by atomic mass is 10.2. The number of piperazine rings is 1. The van der Waals surface area contributed by atoms with Crippen molar-refractivity contribution < 1.29 is 13.2 Å². The quantitative estimate of drug-likeness (QED) is 0.820. The van der Waals surface area contributed by atoms with Gasteiger partial charge in [-0.2, -0.15) is 4.31 Å². The molecule has 128 valence electrons. The van der Waals surface area contributed by atoms with Crippen molar-refractivity contribution in [3.63, 3.8) is 0 Å². The van der Waals surface area contributed by atoms with Crippen LogP contribution < -0.4 is 5.32 Å². The van der Waals surface area contributed by atoms with Crippen LogP contribution in [-0.4, -0.2) is 62.5 Å². The molecule has 1 aromatic carbocycles. The molecule has 0 saturated carbocycles. The maximum atomic E-state index is 12.2. The van der Waals surface area contributed by atoms with Crippen molar-refractivity contribution in [2.45, 2.75) is 13.0 Å². The number of carbonyl (C=O) groups excluding carboxylic acids is 1. The Labute approximate surface area is 142 Å². The van der Waals surface area contributed by atoms with E-state index in [0.29, 0.717) is 24.7 Å². The maximum Gasteiger partial charge on any atom is 0.221 e. The highest BCUT2D eigenvalue weighted by Gasteiger charge is 2.26. The Morgan fingerprint density at radius 3 is 2.52 bits per heavy atom. The van der Waals surface area contributed by atoms with Crippen molar-refractivity contribution in [3.8, 4) is 0 Å². The normalized spacial score (nSPS) is 17.1. The van der Waals surface area contributed by atoms with E-state index in [9.17, 15) is 13.2 Å². The van der Waals surface area contributed by atoms with Crippen molar-refractivity contribution in [1.29, 1.82) is 0 Å². The molecule has 2 rings (SSSR count). The Kier molecular flexibility index (Phi) is 6.41. The number of nitrogens with one attached hydrogen (secondary N) is 1. The van der Waals surface area contributed by atoms with Gasteiger partial charge in [0, 0.05) is 44.2 Å². The zero-order valence-corrected chi connectivity index (χ0v) is 14.7. The Hall–Kier alpha value is -1.15. The van der Waals surface area contributed by atoms with Crippen molar-refractivity contribution in [3.05, 3.63) is 34.9 Å². The average Bonchev–Trinajstić information content (AvgIpc) is 2.53. The number of halogens is 1. The molecule has 0 bridgehead atoms. The van der Waals surface area contributed by atoms with Gasteiger partial charge in [0.2, 0.25) is 15.9 Å². The molecule has 0 spiro atoms. The molecule has 0 aromatic heterocycles. The molecule has 1 aromatic rings. The van der Waals surface area contributed by atoms with E-state index < -0.39 is 10.0 Å². The molecule has 23 heavy (non-hydrogen) atoms. The lowest BCUT2D eigenvalue weighted by Crippen LogP contribution is -2.48. The molecule has 1 aliphatic heterocycles. The van der Waals surface area contributed by atoms with Crippen LogP contribution in [0.1, 0.15) is 12.0 Å². The number of likely N-dealkylation sites (N-methyl/N-ethyl adjacent to an activating group) is 1. The molecule has 0 radical (unpaired) electrons. The summed E-state index contributed by atoms with van der Waals surface area (Å²) in [6, 6.07) is 7.23. The van der Waals surface area contributed by atoms with Gasteiger partial charge in [-0.1, -0.05) is 29.8 Å². The molecule has 6 nitrogen and oxygen atoms in total. The van der Waals surface area contributed by atoms with Crippen LogP contribution in [0.5, 0.6) is 0 Å². The molecule has 0 atom stereocenters. The lowest BCUT2D eigenvalue weighted by molar-refractivity contribution is -0.120. The SMILES string of the molecule is CN1CCN(S(=O)(=O)CCC(=O)NCc2ccccc2Cl)CC1. The number of benzene rings is 1. The van der Waals surface area contributed by atoms with Gasteiger partial charge in [-0.05, 0) is 18.7 Å². The molecule has 1 saturated heterocycles. The monoisotopic (exact) mass is 359 g/mol. The second-order valence-electron chi connectivity index (χ2n) is 5.64. The number of sulfonamides is 1. The summed E-state index contributed by atoms with van der Waals surface area (Å²) in [5.41, 5.74) is 0.810. The van der Waals surface area contributed by atoms with E-state index in [1.165, 1.54) is 4.31 Å². The maximum absolute atomic E-state index is 12.2. The van der Waals surface area contributed by atoms with E-state index in [1.807, 2.05) is 25.2 Å². The zero-order chi connectivity index (χ0) is 16.9. The van der Waals surface area contributed by atoms with E-state index in [4.69, 9.17) is 11.6 Å². The minimum Gasteiger partial charge on any atom is -0.352 e. The molecular formula is C15H22ClN3O3S. The molecule has 0 unspecified atom stereocenters. The van der Waals surface area contributed by atoms with Gasteiger partial charge < -0.3 is 10.2 Å². The first kappa shape index (κ1) is 18.2. The summed E-state index contributed by atoms with van der Waals surface area (Å²) >= 11 is 6.01. The fraction of sp³-hybridized carbons (Fsp3) is 0.533. The Balaban J connectivity index is 1.78. The topological polar surface area (TPSA) is 69.7 Å². The van der Waals surface area contributed by atoms with Gasteiger partial charge in [-0.3, -0.25) is 4.79 Å². The number of amides is 1. The van der Waals surface area contributed by atoms with Crippen LogP contribution in [-0.2, 0) is 21.4 Å². The molecule has 1 amide bonds. The first-order valence-corrected chi connectivity index (χ1v) is 9.53. The molecule has 0 aliphatic carbocycles. The van der Waals surface area contributed by atoms with E-state index in [0.717, 1.165) is 18.7 Å². The smallest absolute Gasteiger partial charge is 0.221 e. The number of hydrogen-bond acceptors (Lipinski definition) is 4. The highest BCUT2D eigenvalue weighted by molar-refractivity contribution is 7.89. The van der Waals surface area contributed by atoms with Crippen LogP contribution in [0.25, 0.3) is 0 Å². The first-order chi connectivity index (χ1) is 10.9. The number of rotatable bonds is 6. The molecule has 1 aliphatic rings. The summed E-state index contributed by atoms with van der Waals surface area (Å²) in [7, 11) is -1.41. The van der Waals surface area contributed by atoms with Crippen molar-refractivity contribution >= 4 is 27.5 Å². The standard InChI is InChI=1S/C15H22ClN3O3S/c1-18-7-9-19(10-8-18)23(21,22)11-6-15(20)17-12-13-4-2-3-5-14(13)16/h2-5H,6-12H2,1H3,(H,17,20). The van der Waals surface area contributed by atoms with E-state index in [1.54, 1.807) is 6.07 Å². The lowest BCUT2D eigenvalue weighted by Gasteiger charge is -2.31. The van der Waals surface area contributed by atoms with Crippen LogP contribution in [0.3, 0.4) is 0 Å². The summed E-state index contributed by atoms with van der Waals surface area (Å²) in [6.45, 7) is 2.71. The van der Waals surface area contributed by atoms with Gasteiger partial charge >= 0.3 is 0 Å². The fourth-order valence-electron chi connectivity index (χ4n) is 2.34. The summed E-state index contributed by atoms with van der Waals surface area (Å²) in [5.74, 6) is -0.451. The Bertz CT molecular complexity index is 643. The Morgan fingerprint density at radius 1 is 1.22 bits per heavy atom. The van der Waals surface area contributed by atoms with Crippen LogP contribution in [0.15, 0.2) is 24.3 Å². The van der Waals surface area contributed by atoms with Crippen LogP contribution >= 0.6 is 11.6 Å². The van der Waals surface area contributed by atoms with Gasteiger partial charge in [0.25, 0.3) is 0 Å². The van der Waals surface area contributed by atoms with Gasteiger partial charge in [0.05, 0.1) is 5.75 Å². The molecule has 1 N–H and O–H groups in total. The minimum atomic E-state index is -3.37. The zero-order valence-electron chi connectivity index (χ0n) is 13.2. The van der Waals surface area contributed by atoms with Gasteiger partial charge in [-0.15, -0.1) is 0 Å². The summed E-state index contributed by atoms with van der Waals surface area (Å²) in [6.07, 6.45) is -0.0425. The third kappa shape index (κ3) is 5.46. The van der Waals surface area contributed by atoms with Gasteiger partial charge in [0.15, 0.2) is 0 Å². The van der Waals surface area contributed by atoms with Crippen molar-refractivity contribution in [2.75, 3.05) is 39.0 Å². The second kappa shape index (κ2) is 8.10. The van der Waals surface area contributed by atoms with Crippen molar-refractivity contribution in [1.82, 2.24) is 14.5 Å². The van der Waals surface area contributed by atoms with Gasteiger partial charge in [0.1, 0.15) is 0 Å². The van der Waals surface area contributed by atoms with E-state index in [2.05, 4.69) is 10.2 Å². The van der Waals surface area contributed by atoms with E-state index in [-0.39, 0.29) is 18.1 Å². The number of carbonyl (C=O) groups is 1. The highest BCUT2D eigenvalue weighted by Crippen LogP contribution is 2.14. The molecule has 1 fully saturated rings. The summed E-state index contributed by atoms with van der Waals surface area (Å²) in [4.78, 5) is 13.9. The number of nitrogens with zero attached hydrogens (tertiary/aromatic N) is 2. The third-order valence-corrected chi connectivity index (χ3v) is 6.12. The average molecular weight is 360 g/mol. The predicted octanol–water partition coefficient (Wildman–Crippen LogP) is 0.924. The fourth-order valence-corrected chi connectivity index (χ4v) is 3.96. The molecular weight excluding hydrogens is 338 g/mol. The van der Waals surface area contributed by atoms with Crippen LogP contribution in [0.2, 0.25) is 5.02 Å². The van der Waals surface area contributed by atoms with Crippen LogP contribution in [0, 0.1) is 0 Å². The second-order valence-corrected chi connectivity index (χ2v) is 8.13. The number of hydrogen-bond donors (Lipinski definition) is 1. The predicted molar refractivity (Wildman–Crippen MR) is 90.8 cm³/mol.